The summed E-state index contributed by atoms with van der Waals surface area (Å²) in [6, 6.07) is 0. The van der Waals surface area contributed by atoms with Crippen LogP contribution in [0.3, 0.4) is 0 Å². The van der Waals surface area contributed by atoms with E-state index in [1.807, 2.05) is 13.8 Å². The Bertz CT molecular complexity index is 395. The van der Waals surface area contributed by atoms with Gasteiger partial charge in [-0.05, 0) is 38.8 Å². The summed E-state index contributed by atoms with van der Waals surface area (Å²) >= 11 is 0. The normalized spacial score (nSPS) is 33.0. The van der Waals surface area contributed by atoms with Crippen molar-refractivity contribution in [1.82, 2.24) is 0 Å². The van der Waals surface area contributed by atoms with E-state index in [-0.39, 0.29) is 29.8 Å². The molecule has 0 aromatic heterocycles. The van der Waals surface area contributed by atoms with Crippen molar-refractivity contribution in [2.24, 2.45) is 11.3 Å². The van der Waals surface area contributed by atoms with Crippen molar-refractivity contribution in [3.05, 3.63) is 23.8 Å². The van der Waals surface area contributed by atoms with E-state index in [0.717, 1.165) is 12.0 Å². The molecule has 1 fully saturated rings. The minimum absolute atomic E-state index is 0.0351. The maximum atomic E-state index is 9.83. The van der Waals surface area contributed by atoms with Crippen molar-refractivity contribution in [3.8, 4) is 0 Å². The second-order valence-electron chi connectivity index (χ2n) is 6.85. The third-order valence-electron chi connectivity index (χ3n) is 5.09. The molecule has 1 aliphatic rings. The highest BCUT2D eigenvalue weighted by molar-refractivity contribution is 5.18. The first-order valence-electron chi connectivity index (χ1n) is 7.95. The van der Waals surface area contributed by atoms with E-state index in [2.05, 4.69) is 41.2 Å². The van der Waals surface area contributed by atoms with Gasteiger partial charge < -0.3 is 14.6 Å². The Morgan fingerprint density at radius 2 is 1.81 bits per heavy atom. The van der Waals surface area contributed by atoms with Crippen LogP contribution < -0.4 is 0 Å². The van der Waals surface area contributed by atoms with Gasteiger partial charge in [0, 0.05) is 11.3 Å². The van der Waals surface area contributed by atoms with Gasteiger partial charge in [-0.2, -0.15) is 0 Å². The molecule has 0 spiro atoms. The Hall–Kier alpha value is -0.640. The van der Waals surface area contributed by atoms with Crippen molar-refractivity contribution in [1.29, 1.82) is 0 Å². The Labute approximate surface area is 130 Å². The molecule has 3 heteroatoms. The van der Waals surface area contributed by atoms with Crippen LogP contribution in [0.2, 0.25) is 0 Å². The molecule has 0 aliphatic carbocycles. The number of aliphatic hydroxyl groups excluding tert-OH is 1. The predicted molar refractivity (Wildman–Crippen MR) is 87.0 cm³/mol. The summed E-state index contributed by atoms with van der Waals surface area (Å²) in [7, 11) is 0. The molecule has 1 saturated heterocycles. The molecule has 1 heterocycles. The van der Waals surface area contributed by atoms with Gasteiger partial charge >= 0.3 is 0 Å². The largest absolute Gasteiger partial charge is 0.389 e. The second-order valence-corrected chi connectivity index (χ2v) is 6.85. The zero-order chi connectivity index (χ0) is 16.4. The molecule has 0 saturated carbocycles. The number of aliphatic hydroxyl groups is 1. The van der Waals surface area contributed by atoms with Gasteiger partial charge in [-0.3, -0.25) is 0 Å². The Kier molecular flexibility index (Phi) is 6.21. The summed E-state index contributed by atoms with van der Waals surface area (Å²) < 4.78 is 12.1. The SMILES string of the molecule is C=CC1O[C@@H](CC)C(C)(C)[C@H](C(C)/C(C)=C(\C)[C@H](C)O)O1. The van der Waals surface area contributed by atoms with Crippen LogP contribution in [-0.2, 0) is 9.47 Å². The van der Waals surface area contributed by atoms with Gasteiger partial charge in [0.15, 0.2) is 6.29 Å². The molecule has 2 unspecified atom stereocenters. The summed E-state index contributed by atoms with van der Waals surface area (Å²) in [4.78, 5) is 0. The lowest BCUT2D eigenvalue weighted by Gasteiger charge is -2.49. The van der Waals surface area contributed by atoms with Crippen LogP contribution in [0, 0.1) is 11.3 Å². The van der Waals surface area contributed by atoms with Gasteiger partial charge in [0.1, 0.15) is 0 Å². The first kappa shape index (κ1) is 18.4. The highest BCUT2D eigenvalue weighted by Crippen LogP contribution is 2.43. The van der Waals surface area contributed by atoms with Crippen molar-refractivity contribution in [2.45, 2.75) is 79.5 Å². The highest BCUT2D eigenvalue weighted by atomic mass is 16.7. The first-order valence-corrected chi connectivity index (χ1v) is 7.95. The zero-order valence-electron chi connectivity index (χ0n) is 14.6. The smallest absolute Gasteiger partial charge is 0.177 e. The minimum Gasteiger partial charge on any atom is -0.389 e. The summed E-state index contributed by atoms with van der Waals surface area (Å²) in [6.45, 7) is 18.4. The van der Waals surface area contributed by atoms with Crippen LogP contribution in [0.25, 0.3) is 0 Å². The fraction of sp³-hybridized carbons (Fsp3) is 0.778. The van der Waals surface area contributed by atoms with Gasteiger partial charge in [-0.1, -0.05) is 39.8 Å². The summed E-state index contributed by atoms with van der Waals surface area (Å²) in [6.07, 6.45) is 2.07. The maximum absolute atomic E-state index is 9.83. The summed E-state index contributed by atoms with van der Waals surface area (Å²) in [5.74, 6) is 0.218. The molecule has 1 aliphatic heterocycles. The van der Waals surface area contributed by atoms with Crippen LogP contribution >= 0.6 is 0 Å². The predicted octanol–water partition coefficient (Wildman–Crippen LogP) is 4.07. The molecule has 0 bridgehead atoms. The van der Waals surface area contributed by atoms with E-state index in [4.69, 9.17) is 9.47 Å². The molecule has 21 heavy (non-hydrogen) atoms. The quantitative estimate of drug-likeness (QED) is 0.777. The molecule has 0 aromatic rings. The van der Waals surface area contributed by atoms with Crippen molar-refractivity contribution in [3.63, 3.8) is 0 Å². The van der Waals surface area contributed by atoms with Crippen LogP contribution in [0.4, 0.5) is 0 Å². The van der Waals surface area contributed by atoms with Gasteiger partial charge in [-0.25, -0.2) is 0 Å². The van der Waals surface area contributed by atoms with E-state index in [9.17, 15) is 5.11 Å². The average Bonchev–Trinajstić information content (AvgIpc) is 2.44. The minimum atomic E-state index is -0.424. The average molecular weight is 296 g/mol. The van der Waals surface area contributed by atoms with Gasteiger partial charge in [-0.15, -0.1) is 0 Å². The Balaban J connectivity index is 3.12. The lowest BCUT2D eigenvalue weighted by atomic mass is 9.71. The number of hydrogen-bond donors (Lipinski definition) is 1. The number of rotatable bonds is 5. The van der Waals surface area contributed by atoms with Crippen LogP contribution in [0.15, 0.2) is 23.8 Å². The van der Waals surface area contributed by atoms with Crippen LogP contribution in [0.1, 0.15) is 54.9 Å². The third-order valence-corrected chi connectivity index (χ3v) is 5.09. The third kappa shape index (κ3) is 3.77. The molecule has 3 nitrogen and oxygen atoms in total. The zero-order valence-corrected chi connectivity index (χ0v) is 14.6. The molecule has 5 atom stereocenters. The lowest BCUT2D eigenvalue weighted by molar-refractivity contribution is -0.283. The second kappa shape index (κ2) is 7.08. The van der Waals surface area contributed by atoms with Gasteiger partial charge in [0.05, 0.1) is 18.3 Å². The highest BCUT2D eigenvalue weighted by Gasteiger charge is 2.46. The number of ether oxygens (including phenoxy) is 2. The Morgan fingerprint density at radius 3 is 2.24 bits per heavy atom. The molecule has 1 rings (SSSR count). The topological polar surface area (TPSA) is 38.7 Å². The molecule has 122 valence electrons. The summed E-state index contributed by atoms with van der Waals surface area (Å²) in [5.41, 5.74) is 2.13. The fourth-order valence-corrected chi connectivity index (χ4v) is 3.28. The van der Waals surface area contributed by atoms with E-state index < -0.39 is 6.10 Å². The van der Waals surface area contributed by atoms with Crippen LogP contribution in [-0.4, -0.2) is 29.7 Å². The van der Waals surface area contributed by atoms with E-state index >= 15 is 0 Å². The van der Waals surface area contributed by atoms with Crippen molar-refractivity contribution >= 4 is 0 Å². The summed E-state index contributed by atoms with van der Waals surface area (Å²) in [5, 5.41) is 9.83. The lowest BCUT2D eigenvalue weighted by Crippen LogP contribution is -2.54. The van der Waals surface area contributed by atoms with Crippen molar-refractivity contribution in [2.75, 3.05) is 0 Å². The van der Waals surface area contributed by atoms with E-state index in [0.29, 0.717) is 0 Å². The molecule has 0 aromatic carbocycles. The first-order chi connectivity index (χ1) is 9.66. The molecule has 0 amide bonds. The van der Waals surface area contributed by atoms with Crippen molar-refractivity contribution < 1.29 is 14.6 Å². The van der Waals surface area contributed by atoms with E-state index in [1.54, 1.807) is 6.08 Å². The van der Waals surface area contributed by atoms with E-state index in [1.165, 1.54) is 5.57 Å². The van der Waals surface area contributed by atoms with Gasteiger partial charge in [0.2, 0.25) is 0 Å². The molecular weight excluding hydrogens is 264 g/mol. The monoisotopic (exact) mass is 296 g/mol. The number of hydrogen-bond acceptors (Lipinski definition) is 3. The molecule has 1 N–H and O–H groups in total. The van der Waals surface area contributed by atoms with Gasteiger partial charge in [0.25, 0.3) is 0 Å². The fourth-order valence-electron chi connectivity index (χ4n) is 3.28. The standard InChI is InChI=1S/C18H32O3/c1-9-15-18(7,8)17(21-16(10-2)20-15)13(5)11(3)12(4)14(6)19/h10,13-17,19H,2,9H2,1,3-8H3/b12-11+/t13?,14-,15-,16?,17-/m0/s1. The molecular formula is C18H32O3. The maximum Gasteiger partial charge on any atom is 0.177 e. The van der Waals surface area contributed by atoms with Crippen LogP contribution in [0.5, 0.6) is 0 Å². The Morgan fingerprint density at radius 1 is 1.24 bits per heavy atom. The molecule has 0 radical (unpaired) electrons.